The number of anilines is 1. The molecule has 0 unspecified atom stereocenters. The van der Waals surface area contributed by atoms with E-state index in [0.29, 0.717) is 30.8 Å². The Morgan fingerprint density at radius 1 is 1.11 bits per heavy atom. The van der Waals surface area contributed by atoms with Gasteiger partial charge in [-0.05, 0) is 55.2 Å². The van der Waals surface area contributed by atoms with Crippen LogP contribution in [0.25, 0.3) is 0 Å². The van der Waals surface area contributed by atoms with E-state index in [1.807, 2.05) is 37.3 Å². The van der Waals surface area contributed by atoms with E-state index in [0.717, 1.165) is 35.2 Å². The van der Waals surface area contributed by atoms with Crippen LogP contribution in [0.5, 0.6) is 0 Å². The fraction of sp³-hybridized carbons (Fsp3) is 0.381. The lowest BCUT2D eigenvalue weighted by Gasteiger charge is -2.28. The van der Waals surface area contributed by atoms with Crippen LogP contribution in [0.4, 0.5) is 5.69 Å². The summed E-state index contributed by atoms with van der Waals surface area (Å²) in [6.07, 6.45) is 3.01. The Bertz CT molecular complexity index is 921. The number of nitrogens with one attached hydrogen (secondary N) is 1. The number of carbonyl (C=O) groups is 1. The third kappa shape index (κ3) is 4.57. The van der Waals surface area contributed by atoms with Crippen LogP contribution in [0.1, 0.15) is 42.9 Å². The number of carbonyl (C=O) groups excluding carboxylic acids is 1. The molecule has 0 aromatic heterocycles. The molecular formula is C21H26N2O3S. The lowest BCUT2D eigenvalue weighted by Crippen LogP contribution is -2.36. The minimum atomic E-state index is -3.52. The number of aryl methyl sites for hydroxylation is 1. The van der Waals surface area contributed by atoms with Gasteiger partial charge in [0.2, 0.25) is 15.9 Å². The van der Waals surface area contributed by atoms with E-state index < -0.39 is 10.0 Å². The predicted molar refractivity (Wildman–Crippen MR) is 107 cm³/mol. The number of unbranched alkanes of at least 4 members (excludes halogenated alkanes) is 1. The largest absolute Gasteiger partial charge is 0.326 e. The second-order valence-electron chi connectivity index (χ2n) is 7.04. The van der Waals surface area contributed by atoms with Crippen LogP contribution in [-0.4, -0.2) is 25.2 Å². The highest BCUT2D eigenvalue weighted by Gasteiger charge is 2.28. The molecule has 1 aliphatic rings. The first-order chi connectivity index (χ1) is 12.9. The van der Waals surface area contributed by atoms with E-state index in [9.17, 15) is 13.2 Å². The Morgan fingerprint density at radius 3 is 2.56 bits per heavy atom. The van der Waals surface area contributed by atoms with Gasteiger partial charge in [0.1, 0.15) is 0 Å². The molecule has 6 heteroatoms. The standard InChI is InChI=1S/C21H26N2O3S/c1-3-4-5-21(24)22-19-9-8-17-12-13-23(15-18(17)14-19)27(25,26)20-10-6-16(2)7-11-20/h6-11,14H,3-5,12-13,15H2,1-2H3,(H,22,24). The molecule has 5 nitrogen and oxygen atoms in total. The van der Waals surface area contributed by atoms with E-state index in [-0.39, 0.29) is 5.91 Å². The van der Waals surface area contributed by atoms with E-state index in [1.54, 1.807) is 12.1 Å². The molecule has 0 radical (unpaired) electrons. The zero-order chi connectivity index (χ0) is 19.4. The molecule has 2 aromatic carbocycles. The number of benzene rings is 2. The van der Waals surface area contributed by atoms with Crippen LogP contribution < -0.4 is 5.32 Å². The minimum Gasteiger partial charge on any atom is -0.326 e. The first kappa shape index (κ1) is 19.6. The van der Waals surface area contributed by atoms with Gasteiger partial charge in [0.25, 0.3) is 0 Å². The summed E-state index contributed by atoms with van der Waals surface area (Å²) < 4.78 is 27.4. The molecule has 3 rings (SSSR count). The molecule has 0 saturated heterocycles. The van der Waals surface area contributed by atoms with Gasteiger partial charge in [-0.3, -0.25) is 4.79 Å². The second kappa shape index (κ2) is 8.23. The van der Waals surface area contributed by atoms with Crippen molar-refractivity contribution in [1.82, 2.24) is 4.31 Å². The summed E-state index contributed by atoms with van der Waals surface area (Å²) in [5, 5.41) is 2.91. The molecule has 0 fully saturated rings. The molecule has 0 spiro atoms. The van der Waals surface area contributed by atoms with Gasteiger partial charge in [0, 0.05) is 25.2 Å². The van der Waals surface area contributed by atoms with Crippen molar-refractivity contribution in [2.45, 2.75) is 51.0 Å². The fourth-order valence-corrected chi connectivity index (χ4v) is 4.65. The van der Waals surface area contributed by atoms with Crippen LogP contribution >= 0.6 is 0 Å². The zero-order valence-corrected chi connectivity index (χ0v) is 16.7. The van der Waals surface area contributed by atoms with Crippen LogP contribution in [0.2, 0.25) is 0 Å². The van der Waals surface area contributed by atoms with Gasteiger partial charge in [-0.15, -0.1) is 0 Å². The smallest absolute Gasteiger partial charge is 0.243 e. The molecule has 27 heavy (non-hydrogen) atoms. The second-order valence-corrected chi connectivity index (χ2v) is 8.97. The van der Waals surface area contributed by atoms with Gasteiger partial charge < -0.3 is 5.32 Å². The molecular weight excluding hydrogens is 360 g/mol. The van der Waals surface area contributed by atoms with Crippen LogP contribution in [0.3, 0.4) is 0 Å². The number of sulfonamides is 1. The van der Waals surface area contributed by atoms with Gasteiger partial charge in [0.15, 0.2) is 0 Å². The monoisotopic (exact) mass is 386 g/mol. The normalized spacial score (nSPS) is 14.6. The van der Waals surface area contributed by atoms with Crippen molar-refractivity contribution in [3.05, 3.63) is 59.2 Å². The number of hydrogen-bond acceptors (Lipinski definition) is 3. The molecule has 0 saturated carbocycles. The predicted octanol–water partition coefficient (Wildman–Crippen LogP) is 3.87. The summed E-state index contributed by atoms with van der Waals surface area (Å²) in [6, 6.07) is 12.7. The summed E-state index contributed by atoms with van der Waals surface area (Å²) in [6.45, 7) is 4.77. The molecule has 0 aliphatic carbocycles. The van der Waals surface area contributed by atoms with Crippen molar-refractivity contribution in [1.29, 1.82) is 0 Å². The lowest BCUT2D eigenvalue weighted by atomic mass is 10.0. The van der Waals surface area contributed by atoms with Gasteiger partial charge in [0.05, 0.1) is 4.90 Å². The highest BCUT2D eigenvalue weighted by molar-refractivity contribution is 7.89. The highest BCUT2D eigenvalue weighted by atomic mass is 32.2. The Hall–Kier alpha value is -2.18. The van der Waals surface area contributed by atoms with E-state index in [1.165, 1.54) is 4.31 Å². The van der Waals surface area contributed by atoms with Crippen molar-refractivity contribution < 1.29 is 13.2 Å². The molecule has 0 bridgehead atoms. The zero-order valence-electron chi connectivity index (χ0n) is 15.9. The summed E-state index contributed by atoms with van der Waals surface area (Å²) in [5.74, 6) is -0.00302. The summed E-state index contributed by atoms with van der Waals surface area (Å²) in [5.41, 5.74) is 3.84. The molecule has 1 heterocycles. The van der Waals surface area contributed by atoms with Crippen molar-refractivity contribution in [3.63, 3.8) is 0 Å². The number of hydrogen-bond donors (Lipinski definition) is 1. The Kier molecular flexibility index (Phi) is 5.97. The number of fused-ring (bicyclic) bond motifs is 1. The van der Waals surface area contributed by atoms with Gasteiger partial charge in [-0.2, -0.15) is 4.31 Å². The first-order valence-electron chi connectivity index (χ1n) is 9.38. The quantitative estimate of drug-likeness (QED) is 0.819. The maximum absolute atomic E-state index is 12.9. The average molecular weight is 387 g/mol. The maximum Gasteiger partial charge on any atom is 0.243 e. The van der Waals surface area contributed by atoms with Crippen LogP contribution in [-0.2, 0) is 27.8 Å². The molecule has 1 N–H and O–H groups in total. The Balaban J connectivity index is 1.77. The molecule has 0 atom stereocenters. The molecule has 144 valence electrons. The van der Waals surface area contributed by atoms with E-state index in [2.05, 4.69) is 12.2 Å². The SMILES string of the molecule is CCCCC(=O)Nc1ccc2c(c1)CN(S(=O)(=O)c1ccc(C)cc1)CC2. The summed E-state index contributed by atoms with van der Waals surface area (Å²) >= 11 is 0. The maximum atomic E-state index is 12.9. The Labute approximate surface area is 161 Å². The van der Waals surface area contributed by atoms with Crippen LogP contribution in [0.15, 0.2) is 47.4 Å². The topological polar surface area (TPSA) is 66.5 Å². The Morgan fingerprint density at radius 2 is 1.85 bits per heavy atom. The number of rotatable bonds is 6. The van der Waals surface area contributed by atoms with Crippen molar-refractivity contribution in [2.24, 2.45) is 0 Å². The third-order valence-electron chi connectivity index (χ3n) is 4.88. The average Bonchev–Trinajstić information content (AvgIpc) is 2.66. The van der Waals surface area contributed by atoms with Crippen molar-refractivity contribution in [3.8, 4) is 0 Å². The molecule has 1 aliphatic heterocycles. The van der Waals surface area contributed by atoms with Crippen LogP contribution in [0, 0.1) is 6.92 Å². The third-order valence-corrected chi connectivity index (χ3v) is 6.74. The number of nitrogens with zero attached hydrogens (tertiary/aromatic N) is 1. The lowest BCUT2D eigenvalue weighted by molar-refractivity contribution is -0.116. The van der Waals surface area contributed by atoms with Gasteiger partial charge in [-0.1, -0.05) is 37.1 Å². The summed E-state index contributed by atoms with van der Waals surface area (Å²) in [7, 11) is -3.52. The van der Waals surface area contributed by atoms with E-state index in [4.69, 9.17) is 0 Å². The fourth-order valence-electron chi connectivity index (χ4n) is 3.23. The van der Waals surface area contributed by atoms with Gasteiger partial charge in [-0.25, -0.2) is 8.42 Å². The van der Waals surface area contributed by atoms with E-state index >= 15 is 0 Å². The highest BCUT2D eigenvalue weighted by Crippen LogP contribution is 2.27. The first-order valence-corrected chi connectivity index (χ1v) is 10.8. The minimum absolute atomic E-state index is 0.00302. The molecule has 1 amide bonds. The van der Waals surface area contributed by atoms with Gasteiger partial charge >= 0.3 is 0 Å². The van der Waals surface area contributed by atoms with Crippen molar-refractivity contribution in [2.75, 3.05) is 11.9 Å². The molecule has 2 aromatic rings. The van der Waals surface area contributed by atoms with Crippen molar-refractivity contribution >= 4 is 21.6 Å². The summed E-state index contributed by atoms with van der Waals surface area (Å²) in [4.78, 5) is 12.3. The number of amides is 1.